The zero-order valence-electron chi connectivity index (χ0n) is 15.7. The zero-order valence-corrected chi connectivity index (χ0v) is 17.4. The molecule has 0 spiro atoms. The topological polar surface area (TPSA) is 120 Å². The number of nitro benzene ring substituents is 1. The lowest BCUT2D eigenvalue weighted by Gasteiger charge is -2.15. The highest BCUT2D eigenvalue weighted by Crippen LogP contribution is 2.28. The number of sulfonamides is 1. The first-order chi connectivity index (χ1) is 13.7. The van der Waals surface area contributed by atoms with Gasteiger partial charge >= 0.3 is 0 Å². The molecule has 3 rings (SSSR count). The van der Waals surface area contributed by atoms with Gasteiger partial charge in [-0.1, -0.05) is 42.1 Å². The Morgan fingerprint density at radius 2 is 1.79 bits per heavy atom. The molecule has 0 fully saturated rings. The van der Waals surface area contributed by atoms with Gasteiger partial charge in [0.05, 0.1) is 17.2 Å². The van der Waals surface area contributed by atoms with E-state index < -0.39 is 21.0 Å². The maximum Gasteiger partial charge on any atom is 0.269 e. The van der Waals surface area contributed by atoms with Crippen molar-refractivity contribution in [2.75, 3.05) is 6.26 Å². The number of thioether (sulfide) groups is 1. The molecule has 0 aliphatic heterocycles. The van der Waals surface area contributed by atoms with E-state index >= 15 is 0 Å². The molecule has 3 aromatic rings. The highest BCUT2D eigenvalue weighted by atomic mass is 32.2. The highest BCUT2D eigenvalue weighted by Gasteiger charge is 2.22. The van der Waals surface area contributed by atoms with Crippen LogP contribution in [-0.4, -0.2) is 34.4 Å². The number of hydrogen-bond donors (Lipinski definition) is 1. The van der Waals surface area contributed by atoms with Gasteiger partial charge in [-0.05, 0) is 24.6 Å². The van der Waals surface area contributed by atoms with Gasteiger partial charge in [-0.2, -0.15) is 0 Å². The van der Waals surface area contributed by atoms with Crippen molar-refractivity contribution in [2.24, 2.45) is 0 Å². The molecular weight excluding hydrogens is 414 g/mol. The van der Waals surface area contributed by atoms with Crippen LogP contribution >= 0.6 is 11.8 Å². The molecule has 0 radical (unpaired) electrons. The van der Waals surface area contributed by atoms with Gasteiger partial charge in [-0.3, -0.25) is 14.7 Å². The predicted molar refractivity (Wildman–Crippen MR) is 110 cm³/mol. The van der Waals surface area contributed by atoms with Crippen LogP contribution in [0.25, 0.3) is 5.69 Å². The summed E-state index contributed by atoms with van der Waals surface area (Å²) in [6.07, 6.45) is 1.07. The van der Waals surface area contributed by atoms with Crippen molar-refractivity contribution >= 4 is 27.5 Å². The minimum Gasteiger partial charge on any atom is -0.273 e. The van der Waals surface area contributed by atoms with E-state index in [1.54, 1.807) is 23.6 Å². The molecule has 1 aromatic heterocycles. The van der Waals surface area contributed by atoms with Crippen LogP contribution < -0.4 is 4.72 Å². The summed E-state index contributed by atoms with van der Waals surface area (Å²) < 4.78 is 27.5. The summed E-state index contributed by atoms with van der Waals surface area (Å²) >= 11 is 1.44. The van der Waals surface area contributed by atoms with Crippen LogP contribution in [0.1, 0.15) is 24.4 Å². The van der Waals surface area contributed by atoms with Gasteiger partial charge in [0.2, 0.25) is 10.0 Å². The van der Waals surface area contributed by atoms with E-state index in [0.717, 1.165) is 11.8 Å². The molecular formula is C18H19N5O4S2. The van der Waals surface area contributed by atoms with E-state index in [4.69, 9.17) is 0 Å². The second-order valence-corrected chi connectivity index (χ2v) is 9.06. The maximum atomic E-state index is 11.7. The fraction of sp³-hybridized carbons (Fsp3) is 0.222. The van der Waals surface area contributed by atoms with Gasteiger partial charge in [0.25, 0.3) is 5.69 Å². The summed E-state index contributed by atoms with van der Waals surface area (Å²) in [5, 5.41) is 19.9. The molecule has 9 nitrogen and oxygen atoms in total. The standard InChI is InChI=1S/C18H19N5O4S2/c1-13(21-29(2,26)27)17-19-20-18(28-12-14-6-4-3-5-7-14)22(17)15-8-10-16(11-9-15)23(24)25/h3-11,13,21H,12H2,1-2H3. The SMILES string of the molecule is CC(NS(C)(=O)=O)c1nnc(SCc2ccccc2)n1-c1ccc([N+](=O)[O-])cc1. The number of non-ortho nitro benzene ring substituents is 1. The van der Waals surface area contributed by atoms with Crippen LogP contribution in [0.2, 0.25) is 0 Å². The minimum atomic E-state index is -3.46. The Bertz CT molecular complexity index is 1100. The Hall–Kier alpha value is -2.76. The summed E-state index contributed by atoms with van der Waals surface area (Å²) in [6.45, 7) is 1.67. The first kappa shape index (κ1) is 21.0. The molecule has 29 heavy (non-hydrogen) atoms. The van der Waals surface area contributed by atoms with Crippen molar-refractivity contribution in [2.45, 2.75) is 23.9 Å². The summed E-state index contributed by atoms with van der Waals surface area (Å²) in [5.74, 6) is 1.03. The van der Waals surface area contributed by atoms with Gasteiger partial charge in [0, 0.05) is 23.6 Å². The maximum absolute atomic E-state index is 11.7. The first-order valence-corrected chi connectivity index (χ1v) is 11.5. The largest absolute Gasteiger partial charge is 0.273 e. The number of nitro groups is 1. The van der Waals surface area contributed by atoms with Crippen LogP contribution in [0.5, 0.6) is 0 Å². The minimum absolute atomic E-state index is 0.0378. The van der Waals surface area contributed by atoms with Crippen molar-refractivity contribution in [3.63, 3.8) is 0 Å². The Morgan fingerprint density at radius 1 is 1.14 bits per heavy atom. The molecule has 2 aromatic carbocycles. The quantitative estimate of drug-likeness (QED) is 0.329. The lowest BCUT2D eigenvalue weighted by Crippen LogP contribution is -2.27. The molecule has 152 valence electrons. The summed E-state index contributed by atoms with van der Waals surface area (Å²) in [4.78, 5) is 10.5. The van der Waals surface area contributed by atoms with Gasteiger partial charge in [0.15, 0.2) is 11.0 Å². The Labute approximate surface area is 172 Å². The average molecular weight is 434 g/mol. The van der Waals surface area contributed by atoms with Crippen LogP contribution in [0, 0.1) is 10.1 Å². The normalized spacial score (nSPS) is 12.6. The summed E-state index contributed by atoms with van der Waals surface area (Å²) in [5.41, 5.74) is 1.66. The van der Waals surface area contributed by atoms with Crippen molar-refractivity contribution < 1.29 is 13.3 Å². The second-order valence-electron chi connectivity index (χ2n) is 6.34. The molecule has 11 heteroatoms. The zero-order chi connectivity index (χ0) is 21.0. The molecule has 0 saturated heterocycles. The van der Waals surface area contributed by atoms with E-state index in [1.807, 2.05) is 30.3 Å². The highest BCUT2D eigenvalue weighted by molar-refractivity contribution is 7.98. The third-order valence-corrected chi connectivity index (χ3v) is 5.75. The van der Waals surface area contributed by atoms with E-state index in [9.17, 15) is 18.5 Å². The number of benzene rings is 2. The lowest BCUT2D eigenvalue weighted by atomic mass is 10.2. The fourth-order valence-electron chi connectivity index (χ4n) is 2.72. The van der Waals surface area contributed by atoms with Crippen molar-refractivity contribution in [1.82, 2.24) is 19.5 Å². The first-order valence-electron chi connectivity index (χ1n) is 8.59. The van der Waals surface area contributed by atoms with Crippen LogP contribution in [0.15, 0.2) is 59.8 Å². The lowest BCUT2D eigenvalue weighted by molar-refractivity contribution is -0.384. The Balaban J connectivity index is 1.98. The van der Waals surface area contributed by atoms with E-state index in [2.05, 4.69) is 14.9 Å². The van der Waals surface area contributed by atoms with Crippen LogP contribution in [0.3, 0.4) is 0 Å². The number of rotatable bonds is 8. The van der Waals surface area contributed by atoms with Crippen LogP contribution in [0.4, 0.5) is 5.69 Å². The van der Waals surface area contributed by atoms with E-state index in [1.165, 1.54) is 23.9 Å². The fourth-order valence-corrected chi connectivity index (χ4v) is 4.38. The van der Waals surface area contributed by atoms with E-state index in [0.29, 0.717) is 22.4 Å². The summed E-state index contributed by atoms with van der Waals surface area (Å²) in [7, 11) is -3.46. The monoisotopic (exact) mass is 433 g/mol. The van der Waals surface area contributed by atoms with E-state index in [-0.39, 0.29) is 5.69 Å². The number of nitrogens with zero attached hydrogens (tertiary/aromatic N) is 4. The molecule has 0 amide bonds. The molecule has 1 unspecified atom stereocenters. The molecule has 1 N–H and O–H groups in total. The van der Waals surface area contributed by atoms with Crippen molar-refractivity contribution in [1.29, 1.82) is 0 Å². The second kappa shape index (κ2) is 8.72. The number of hydrogen-bond acceptors (Lipinski definition) is 7. The molecule has 0 aliphatic rings. The van der Waals surface area contributed by atoms with Crippen molar-refractivity contribution in [3.05, 3.63) is 76.1 Å². The molecule has 0 saturated carbocycles. The third kappa shape index (κ3) is 5.40. The van der Waals surface area contributed by atoms with Crippen molar-refractivity contribution in [3.8, 4) is 5.69 Å². The molecule has 0 bridgehead atoms. The molecule has 1 atom stereocenters. The van der Waals surface area contributed by atoms with Gasteiger partial charge in [0.1, 0.15) is 0 Å². The van der Waals surface area contributed by atoms with Gasteiger partial charge < -0.3 is 0 Å². The van der Waals surface area contributed by atoms with Gasteiger partial charge in [-0.25, -0.2) is 13.1 Å². The third-order valence-electron chi connectivity index (χ3n) is 3.97. The summed E-state index contributed by atoms with van der Waals surface area (Å²) in [6, 6.07) is 15.1. The average Bonchev–Trinajstić information content (AvgIpc) is 3.10. The van der Waals surface area contributed by atoms with Crippen LogP contribution in [-0.2, 0) is 15.8 Å². The predicted octanol–water partition coefficient (Wildman–Crippen LogP) is 3.08. The smallest absolute Gasteiger partial charge is 0.269 e. The Kier molecular flexibility index (Phi) is 6.30. The Morgan fingerprint density at radius 3 is 2.38 bits per heavy atom. The van der Waals surface area contributed by atoms with Gasteiger partial charge in [-0.15, -0.1) is 10.2 Å². The molecule has 1 heterocycles. The number of aromatic nitrogens is 3. The molecule has 0 aliphatic carbocycles. The number of nitrogens with one attached hydrogen (secondary N) is 1.